The Morgan fingerprint density at radius 1 is 1.54 bits per heavy atom. The van der Waals surface area contributed by atoms with Crippen molar-refractivity contribution in [3.63, 3.8) is 0 Å². The molecule has 3 heteroatoms. The van der Waals surface area contributed by atoms with Gasteiger partial charge in [0.2, 0.25) is 5.88 Å². The first-order valence-electron chi connectivity index (χ1n) is 4.51. The Morgan fingerprint density at radius 3 is 2.92 bits per heavy atom. The van der Waals surface area contributed by atoms with Crippen molar-refractivity contribution in [3.8, 4) is 5.88 Å². The van der Waals surface area contributed by atoms with E-state index in [1.807, 2.05) is 32.0 Å². The SMILES string of the molecule is CC(C)Oc1cccc([C@H]2CO2)n1. The summed E-state index contributed by atoms with van der Waals surface area (Å²) in [4.78, 5) is 4.33. The van der Waals surface area contributed by atoms with Gasteiger partial charge in [0.05, 0.1) is 18.4 Å². The highest BCUT2D eigenvalue weighted by Crippen LogP contribution is 2.29. The monoisotopic (exact) mass is 179 g/mol. The molecule has 1 aromatic rings. The third kappa shape index (κ3) is 2.18. The van der Waals surface area contributed by atoms with E-state index in [1.165, 1.54) is 0 Å². The molecule has 0 amide bonds. The van der Waals surface area contributed by atoms with Crippen molar-refractivity contribution < 1.29 is 9.47 Å². The summed E-state index contributed by atoms with van der Waals surface area (Å²) in [5.41, 5.74) is 0.971. The second-order valence-electron chi connectivity index (χ2n) is 3.39. The Hall–Kier alpha value is -1.09. The summed E-state index contributed by atoms with van der Waals surface area (Å²) in [6, 6.07) is 5.78. The topological polar surface area (TPSA) is 34.6 Å². The van der Waals surface area contributed by atoms with E-state index in [1.54, 1.807) is 0 Å². The summed E-state index contributed by atoms with van der Waals surface area (Å²) in [7, 11) is 0. The van der Waals surface area contributed by atoms with Gasteiger partial charge >= 0.3 is 0 Å². The molecular weight excluding hydrogens is 166 g/mol. The summed E-state index contributed by atoms with van der Waals surface area (Å²) >= 11 is 0. The predicted molar refractivity (Wildman–Crippen MR) is 48.7 cm³/mol. The van der Waals surface area contributed by atoms with Crippen LogP contribution in [-0.2, 0) is 4.74 Å². The van der Waals surface area contributed by atoms with Crippen LogP contribution in [0.1, 0.15) is 25.6 Å². The van der Waals surface area contributed by atoms with Gasteiger partial charge in [-0.1, -0.05) is 6.07 Å². The van der Waals surface area contributed by atoms with Crippen LogP contribution in [-0.4, -0.2) is 17.7 Å². The van der Waals surface area contributed by atoms with Gasteiger partial charge in [-0.2, -0.15) is 0 Å². The van der Waals surface area contributed by atoms with Crippen LogP contribution < -0.4 is 4.74 Å². The molecule has 0 bridgehead atoms. The fraction of sp³-hybridized carbons (Fsp3) is 0.500. The second kappa shape index (κ2) is 3.34. The molecule has 1 aromatic heterocycles. The van der Waals surface area contributed by atoms with Crippen LogP contribution in [0.5, 0.6) is 5.88 Å². The van der Waals surface area contributed by atoms with Gasteiger partial charge in [-0.05, 0) is 19.9 Å². The minimum atomic E-state index is 0.169. The highest BCUT2D eigenvalue weighted by atomic mass is 16.6. The van der Waals surface area contributed by atoms with Crippen molar-refractivity contribution in [3.05, 3.63) is 23.9 Å². The van der Waals surface area contributed by atoms with E-state index in [9.17, 15) is 0 Å². The molecule has 1 atom stereocenters. The molecule has 1 aliphatic heterocycles. The minimum Gasteiger partial charge on any atom is -0.475 e. The Morgan fingerprint density at radius 2 is 2.31 bits per heavy atom. The molecule has 13 heavy (non-hydrogen) atoms. The summed E-state index contributed by atoms with van der Waals surface area (Å²) in [5, 5.41) is 0. The molecule has 0 N–H and O–H groups in total. The fourth-order valence-corrected chi connectivity index (χ4v) is 1.14. The van der Waals surface area contributed by atoms with Crippen molar-refractivity contribution in [2.75, 3.05) is 6.61 Å². The predicted octanol–water partition coefficient (Wildman–Crippen LogP) is 1.94. The zero-order valence-electron chi connectivity index (χ0n) is 7.86. The van der Waals surface area contributed by atoms with Crippen LogP contribution in [0.3, 0.4) is 0 Å². The van der Waals surface area contributed by atoms with Gasteiger partial charge in [0.25, 0.3) is 0 Å². The van der Waals surface area contributed by atoms with Crippen molar-refractivity contribution in [1.29, 1.82) is 0 Å². The molecule has 2 heterocycles. The highest BCUT2D eigenvalue weighted by Gasteiger charge is 2.26. The first-order chi connectivity index (χ1) is 6.25. The normalized spacial score (nSPS) is 20.4. The third-order valence-electron chi connectivity index (χ3n) is 1.76. The summed E-state index contributed by atoms with van der Waals surface area (Å²) < 4.78 is 10.6. The fourth-order valence-electron chi connectivity index (χ4n) is 1.14. The first-order valence-corrected chi connectivity index (χ1v) is 4.51. The smallest absolute Gasteiger partial charge is 0.213 e. The lowest BCUT2D eigenvalue weighted by atomic mass is 10.3. The maximum Gasteiger partial charge on any atom is 0.213 e. The van der Waals surface area contributed by atoms with Crippen LogP contribution in [0.2, 0.25) is 0 Å². The van der Waals surface area contributed by atoms with E-state index in [0.717, 1.165) is 12.3 Å². The number of nitrogens with zero attached hydrogens (tertiary/aromatic N) is 1. The summed E-state index contributed by atoms with van der Waals surface area (Å²) in [6.07, 6.45) is 0.374. The van der Waals surface area contributed by atoms with E-state index in [2.05, 4.69) is 4.98 Å². The standard InChI is InChI=1S/C10H13NO2/c1-7(2)13-10-5-3-4-8(11-10)9-6-12-9/h3-5,7,9H,6H2,1-2H3/t9-/m1/s1. The van der Waals surface area contributed by atoms with Crippen molar-refractivity contribution in [2.24, 2.45) is 0 Å². The average molecular weight is 179 g/mol. The van der Waals surface area contributed by atoms with Crippen molar-refractivity contribution in [1.82, 2.24) is 4.98 Å². The summed E-state index contributed by atoms with van der Waals surface area (Å²) in [5.74, 6) is 0.683. The molecule has 0 spiro atoms. The maximum absolute atomic E-state index is 5.47. The van der Waals surface area contributed by atoms with Gasteiger partial charge in [-0.3, -0.25) is 0 Å². The van der Waals surface area contributed by atoms with Gasteiger partial charge in [0, 0.05) is 6.07 Å². The molecule has 3 nitrogen and oxygen atoms in total. The number of rotatable bonds is 3. The number of pyridine rings is 1. The highest BCUT2D eigenvalue weighted by molar-refractivity contribution is 5.19. The Labute approximate surface area is 77.7 Å². The van der Waals surface area contributed by atoms with Crippen LogP contribution in [0.4, 0.5) is 0 Å². The minimum absolute atomic E-state index is 0.169. The third-order valence-corrected chi connectivity index (χ3v) is 1.76. The Balaban J connectivity index is 2.12. The molecular formula is C10H13NO2. The lowest BCUT2D eigenvalue weighted by Crippen LogP contribution is -2.07. The number of ether oxygens (including phenoxy) is 2. The van der Waals surface area contributed by atoms with E-state index in [0.29, 0.717) is 5.88 Å². The van der Waals surface area contributed by atoms with E-state index < -0.39 is 0 Å². The van der Waals surface area contributed by atoms with Crippen molar-refractivity contribution >= 4 is 0 Å². The van der Waals surface area contributed by atoms with Gasteiger partial charge < -0.3 is 9.47 Å². The molecule has 0 radical (unpaired) electrons. The maximum atomic E-state index is 5.47. The second-order valence-corrected chi connectivity index (χ2v) is 3.39. The lowest BCUT2D eigenvalue weighted by molar-refractivity contribution is 0.231. The Kier molecular flexibility index (Phi) is 2.19. The molecule has 70 valence electrons. The molecule has 2 rings (SSSR count). The molecule has 1 fully saturated rings. The summed E-state index contributed by atoms with van der Waals surface area (Å²) in [6.45, 7) is 4.77. The average Bonchev–Trinajstić information content (AvgIpc) is 2.85. The van der Waals surface area contributed by atoms with Gasteiger partial charge in [0.1, 0.15) is 6.10 Å². The van der Waals surface area contributed by atoms with Crippen LogP contribution in [0.15, 0.2) is 18.2 Å². The molecule has 0 unspecified atom stereocenters. The van der Waals surface area contributed by atoms with E-state index >= 15 is 0 Å². The van der Waals surface area contributed by atoms with Gasteiger partial charge in [-0.15, -0.1) is 0 Å². The molecule has 1 saturated heterocycles. The molecule has 1 aliphatic rings. The zero-order valence-corrected chi connectivity index (χ0v) is 7.86. The van der Waals surface area contributed by atoms with Crippen LogP contribution in [0.25, 0.3) is 0 Å². The van der Waals surface area contributed by atoms with E-state index in [4.69, 9.17) is 9.47 Å². The van der Waals surface area contributed by atoms with Gasteiger partial charge in [-0.25, -0.2) is 4.98 Å². The van der Waals surface area contributed by atoms with Crippen LogP contribution >= 0.6 is 0 Å². The molecule has 0 saturated carbocycles. The molecule has 0 aliphatic carbocycles. The van der Waals surface area contributed by atoms with E-state index in [-0.39, 0.29) is 12.2 Å². The van der Waals surface area contributed by atoms with Crippen LogP contribution in [0, 0.1) is 0 Å². The zero-order chi connectivity index (χ0) is 9.26. The largest absolute Gasteiger partial charge is 0.475 e. The molecule has 0 aromatic carbocycles. The lowest BCUT2D eigenvalue weighted by Gasteiger charge is -2.08. The first kappa shape index (κ1) is 8.51. The number of epoxide rings is 1. The van der Waals surface area contributed by atoms with Crippen molar-refractivity contribution in [2.45, 2.75) is 26.1 Å². The Bertz CT molecular complexity index is 295. The quantitative estimate of drug-likeness (QED) is 0.665. The van der Waals surface area contributed by atoms with Gasteiger partial charge in [0.15, 0.2) is 0 Å². The number of aromatic nitrogens is 1. The number of hydrogen-bond donors (Lipinski definition) is 0. The number of hydrogen-bond acceptors (Lipinski definition) is 3.